The van der Waals surface area contributed by atoms with E-state index in [4.69, 9.17) is 39.5 Å². The molecule has 0 amide bonds. The first-order valence-electron chi connectivity index (χ1n) is 7.19. The van der Waals surface area contributed by atoms with Crippen molar-refractivity contribution >= 4 is 50.5 Å². The number of hydrogen-bond acceptors (Lipinski definition) is 4. The molecule has 0 heterocycles. The van der Waals surface area contributed by atoms with Crippen molar-refractivity contribution in [3.8, 4) is 5.75 Å². The normalized spacial score (nSPS) is 12.1. The van der Waals surface area contributed by atoms with E-state index >= 15 is 0 Å². The molecule has 0 aliphatic heterocycles. The average Bonchev–Trinajstić information content (AvgIpc) is 2.59. The van der Waals surface area contributed by atoms with Crippen LogP contribution in [0.15, 0.2) is 46.4 Å². The summed E-state index contributed by atoms with van der Waals surface area (Å²) < 4.78 is 29.9. The Balaban J connectivity index is 2.23. The maximum atomic E-state index is 12.3. The molecule has 0 atom stereocenters. The summed E-state index contributed by atoms with van der Waals surface area (Å²) in [7, 11) is -3.82. The van der Waals surface area contributed by atoms with E-state index in [2.05, 4.69) is 9.93 Å². The van der Waals surface area contributed by atoms with Gasteiger partial charge < -0.3 is 4.74 Å². The van der Waals surface area contributed by atoms with Crippen molar-refractivity contribution in [2.24, 2.45) is 5.10 Å². The van der Waals surface area contributed by atoms with E-state index in [1.807, 2.05) is 6.92 Å². The minimum atomic E-state index is -3.82. The van der Waals surface area contributed by atoms with Crippen LogP contribution in [0, 0.1) is 0 Å². The van der Waals surface area contributed by atoms with Gasteiger partial charge in [0.05, 0.1) is 32.3 Å². The molecule has 0 bridgehead atoms. The molecule has 0 radical (unpaired) electrons. The number of rotatable bonds is 6. The second-order valence-corrected chi connectivity index (χ2v) is 7.74. The fourth-order valence-corrected chi connectivity index (χ4v) is 3.46. The summed E-state index contributed by atoms with van der Waals surface area (Å²) in [6, 6.07) is 9.19. The van der Waals surface area contributed by atoms with E-state index in [1.165, 1.54) is 12.1 Å². The summed E-state index contributed by atoms with van der Waals surface area (Å²) in [5, 5.41) is 4.59. The maximum Gasteiger partial charge on any atom is 0.276 e. The van der Waals surface area contributed by atoms with Gasteiger partial charge in [-0.15, -0.1) is 0 Å². The van der Waals surface area contributed by atoms with Crippen LogP contribution in [0.1, 0.15) is 19.4 Å². The highest BCUT2D eigenvalue weighted by Gasteiger charge is 2.15. The highest BCUT2D eigenvalue weighted by Crippen LogP contribution is 2.32. The fourth-order valence-electron chi connectivity index (χ4n) is 1.93. The predicted molar refractivity (Wildman–Crippen MR) is 102 cm³/mol. The van der Waals surface area contributed by atoms with Crippen LogP contribution in [-0.2, 0) is 10.0 Å². The zero-order valence-corrected chi connectivity index (χ0v) is 16.5. The first kappa shape index (κ1) is 19.8. The van der Waals surface area contributed by atoms with E-state index in [0.717, 1.165) is 0 Å². The maximum absolute atomic E-state index is 12.3. The van der Waals surface area contributed by atoms with Crippen molar-refractivity contribution in [3.63, 3.8) is 0 Å². The molecule has 0 aromatic heterocycles. The van der Waals surface area contributed by atoms with Crippen LogP contribution in [-0.4, -0.2) is 20.7 Å². The van der Waals surface area contributed by atoms with Gasteiger partial charge in [0.2, 0.25) is 0 Å². The summed E-state index contributed by atoms with van der Waals surface area (Å²) in [4.78, 5) is 2.23. The number of hydrazone groups is 1. The van der Waals surface area contributed by atoms with E-state index < -0.39 is 10.0 Å². The SMILES string of the molecule is CCOc1ccc(S(=O)(=O)N/N=C(\C)c2ccc(Cl)c(Cl)c2Cl)cc1. The second kappa shape index (κ2) is 8.27. The van der Waals surface area contributed by atoms with Crippen LogP contribution < -0.4 is 9.57 Å². The number of halogens is 3. The first-order valence-corrected chi connectivity index (χ1v) is 9.80. The van der Waals surface area contributed by atoms with Gasteiger partial charge in [-0.3, -0.25) is 0 Å². The van der Waals surface area contributed by atoms with E-state index in [9.17, 15) is 8.42 Å². The topological polar surface area (TPSA) is 67.8 Å². The Labute approximate surface area is 161 Å². The minimum Gasteiger partial charge on any atom is -0.494 e. The molecule has 0 fully saturated rings. The van der Waals surface area contributed by atoms with Crippen molar-refractivity contribution in [2.75, 3.05) is 6.61 Å². The lowest BCUT2D eigenvalue weighted by Crippen LogP contribution is -2.20. The Bertz CT molecular complexity index is 898. The molecule has 0 saturated carbocycles. The molecular formula is C16H15Cl3N2O3S. The average molecular weight is 422 g/mol. The van der Waals surface area contributed by atoms with E-state index in [-0.39, 0.29) is 14.9 Å². The van der Waals surface area contributed by atoms with Gasteiger partial charge in [0.15, 0.2) is 0 Å². The monoisotopic (exact) mass is 420 g/mol. The molecular weight excluding hydrogens is 407 g/mol. The van der Waals surface area contributed by atoms with E-state index in [1.54, 1.807) is 31.2 Å². The molecule has 0 aliphatic rings. The minimum absolute atomic E-state index is 0.0627. The third kappa shape index (κ3) is 4.79. The number of ether oxygens (including phenoxy) is 1. The van der Waals surface area contributed by atoms with Crippen LogP contribution >= 0.6 is 34.8 Å². The Morgan fingerprint density at radius 1 is 1.08 bits per heavy atom. The number of sulfonamides is 1. The van der Waals surface area contributed by atoms with Gasteiger partial charge in [-0.05, 0) is 44.2 Å². The Hall–Kier alpha value is -1.47. The lowest BCUT2D eigenvalue weighted by atomic mass is 10.1. The van der Waals surface area contributed by atoms with Gasteiger partial charge in [-0.1, -0.05) is 40.9 Å². The van der Waals surface area contributed by atoms with Gasteiger partial charge >= 0.3 is 0 Å². The number of hydrogen-bond donors (Lipinski definition) is 1. The van der Waals surface area contributed by atoms with Crippen LogP contribution in [0.5, 0.6) is 5.75 Å². The van der Waals surface area contributed by atoms with Crippen molar-refractivity contribution < 1.29 is 13.2 Å². The quantitative estimate of drug-likeness (QED) is 0.416. The van der Waals surface area contributed by atoms with Crippen molar-refractivity contribution in [2.45, 2.75) is 18.7 Å². The van der Waals surface area contributed by atoms with Crippen molar-refractivity contribution in [1.29, 1.82) is 0 Å². The molecule has 2 rings (SSSR count). The van der Waals surface area contributed by atoms with Gasteiger partial charge in [0.1, 0.15) is 5.75 Å². The van der Waals surface area contributed by atoms with Crippen molar-refractivity contribution in [3.05, 3.63) is 57.0 Å². The molecule has 2 aromatic carbocycles. The zero-order valence-electron chi connectivity index (χ0n) is 13.4. The summed E-state index contributed by atoms with van der Waals surface area (Å²) in [6.45, 7) is 3.95. The molecule has 134 valence electrons. The lowest BCUT2D eigenvalue weighted by molar-refractivity contribution is 0.340. The third-order valence-electron chi connectivity index (χ3n) is 3.20. The highest BCUT2D eigenvalue weighted by atomic mass is 35.5. The molecule has 0 unspecified atom stereocenters. The summed E-state index contributed by atoms with van der Waals surface area (Å²) in [5.74, 6) is 0.587. The smallest absolute Gasteiger partial charge is 0.276 e. The van der Waals surface area contributed by atoms with Crippen LogP contribution in [0.25, 0.3) is 0 Å². The Morgan fingerprint density at radius 2 is 1.72 bits per heavy atom. The zero-order chi connectivity index (χ0) is 18.6. The summed E-state index contributed by atoms with van der Waals surface area (Å²) in [5.41, 5.74) is 0.823. The highest BCUT2D eigenvalue weighted by molar-refractivity contribution is 7.89. The largest absolute Gasteiger partial charge is 0.494 e. The first-order chi connectivity index (χ1) is 11.8. The summed E-state index contributed by atoms with van der Waals surface area (Å²) >= 11 is 18.0. The van der Waals surface area contributed by atoms with Crippen LogP contribution in [0.4, 0.5) is 0 Å². The molecule has 25 heavy (non-hydrogen) atoms. The van der Waals surface area contributed by atoms with Gasteiger partial charge in [-0.25, -0.2) is 0 Å². The number of benzene rings is 2. The number of nitrogens with one attached hydrogen (secondary N) is 1. The molecule has 9 heteroatoms. The molecule has 2 aromatic rings. The molecule has 1 N–H and O–H groups in total. The van der Waals surface area contributed by atoms with Crippen LogP contribution in [0.3, 0.4) is 0 Å². The van der Waals surface area contributed by atoms with Crippen LogP contribution in [0.2, 0.25) is 15.1 Å². The molecule has 5 nitrogen and oxygen atoms in total. The van der Waals surface area contributed by atoms with E-state index in [0.29, 0.717) is 28.7 Å². The Kier molecular flexibility index (Phi) is 6.57. The third-order valence-corrected chi connectivity index (χ3v) is 5.72. The second-order valence-electron chi connectivity index (χ2n) is 4.92. The molecule has 0 spiro atoms. The number of nitrogens with zero attached hydrogens (tertiary/aromatic N) is 1. The van der Waals surface area contributed by atoms with Gasteiger partial charge in [0.25, 0.3) is 10.0 Å². The Morgan fingerprint density at radius 3 is 2.32 bits per heavy atom. The van der Waals surface area contributed by atoms with Crippen molar-refractivity contribution in [1.82, 2.24) is 4.83 Å². The molecule has 0 saturated heterocycles. The lowest BCUT2D eigenvalue weighted by Gasteiger charge is -2.09. The fraction of sp³-hybridized carbons (Fsp3) is 0.188. The van der Waals surface area contributed by atoms with Gasteiger partial charge in [-0.2, -0.15) is 18.4 Å². The predicted octanol–water partition coefficient (Wildman–Crippen LogP) is 4.75. The summed E-state index contributed by atoms with van der Waals surface area (Å²) in [6.07, 6.45) is 0. The standard InChI is InChI=1S/C16H15Cl3N2O3S/c1-3-24-11-4-6-12(7-5-11)25(22,23)21-20-10(2)13-8-9-14(17)16(19)15(13)18/h4-9,21H,3H2,1-2H3/b20-10+. The van der Waals surface area contributed by atoms with Gasteiger partial charge in [0, 0.05) is 5.56 Å². The molecule has 0 aliphatic carbocycles.